The van der Waals surface area contributed by atoms with E-state index in [1.165, 1.54) is 13.8 Å². The highest BCUT2D eigenvalue weighted by Gasteiger charge is 2.44. The van der Waals surface area contributed by atoms with Crippen molar-refractivity contribution < 1.29 is 24.3 Å². The van der Waals surface area contributed by atoms with E-state index in [4.69, 9.17) is 5.11 Å². The number of carboxylic acids is 1. The van der Waals surface area contributed by atoms with Crippen LogP contribution in [0.1, 0.15) is 27.2 Å². The van der Waals surface area contributed by atoms with Crippen molar-refractivity contribution in [1.29, 1.82) is 0 Å². The predicted octanol–water partition coefficient (Wildman–Crippen LogP) is 0.205. The molecule has 0 saturated heterocycles. The lowest BCUT2D eigenvalue weighted by molar-refractivity contribution is -0.152. The molecule has 0 aliphatic heterocycles. The first-order chi connectivity index (χ1) is 7.76. The lowest BCUT2D eigenvalue weighted by atomic mass is 9.91. The molecular formula is C10H15NO5S. The highest BCUT2D eigenvalue weighted by Crippen LogP contribution is 2.16. The molecule has 1 amide bonds. The molecule has 0 aliphatic carbocycles. The van der Waals surface area contributed by atoms with E-state index in [0.717, 1.165) is 18.7 Å². The molecule has 0 bridgehead atoms. The number of ketones is 1. The van der Waals surface area contributed by atoms with E-state index in [2.05, 4.69) is 5.32 Å². The molecule has 17 heavy (non-hydrogen) atoms. The molecule has 2 N–H and O–H groups in total. The third-order valence-corrected chi connectivity index (χ3v) is 2.98. The lowest BCUT2D eigenvalue weighted by Gasteiger charge is -2.26. The van der Waals surface area contributed by atoms with Gasteiger partial charge in [-0.25, -0.2) is 4.79 Å². The zero-order chi connectivity index (χ0) is 13.6. The van der Waals surface area contributed by atoms with Gasteiger partial charge in [0.2, 0.25) is 5.91 Å². The number of hydrogen-bond acceptors (Lipinski definition) is 5. The maximum Gasteiger partial charge on any atom is 0.337 e. The van der Waals surface area contributed by atoms with Crippen LogP contribution in [0.15, 0.2) is 0 Å². The number of aliphatic carboxylic acids is 1. The van der Waals surface area contributed by atoms with Gasteiger partial charge in [-0.05, 0) is 6.42 Å². The molecule has 0 aliphatic rings. The van der Waals surface area contributed by atoms with Crippen molar-refractivity contribution in [2.45, 2.75) is 32.7 Å². The fraction of sp³-hybridized carbons (Fsp3) is 0.600. The molecule has 0 aromatic carbocycles. The van der Waals surface area contributed by atoms with Crippen molar-refractivity contribution in [3.8, 4) is 0 Å². The summed E-state index contributed by atoms with van der Waals surface area (Å²) in [6, 6.07) is 0. The Morgan fingerprint density at radius 2 is 1.76 bits per heavy atom. The van der Waals surface area contributed by atoms with E-state index in [9.17, 15) is 19.2 Å². The molecule has 1 atom stereocenters. The van der Waals surface area contributed by atoms with Crippen LogP contribution in [0.25, 0.3) is 0 Å². The first-order valence-electron chi connectivity index (χ1n) is 4.95. The molecule has 1 unspecified atom stereocenters. The number of Topliss-reactive ketones (excluding diaryl/α,β-unsaturated/α-hetero) is 1. The summed E-state index contributed by atoms with van der Waals surface area (Å²) in [6.45, 7) is 3.91. The maximum atomic E-state index is 11.8. The van der Waals surface area contributed by atoms with Gasteiger partial charge in [-0.1, -0.05) is 18.7 Å². The summed E-state index contributed by atoms with van der Waals surface area (Å²) >= 11 is 0.723. The third kappa shape index (κ3) is 4.18. The minimum absolute atomic E-state index is 0.0702. The monoisotopic (exact) mass is 261 g/mol. The number of rotatable bonds is 6. The maximum absolute atomic E-state index is 11.8. The van der Waals surface area contributed by atoms with Crippen LogP contribution < -0.4 is 5.32 Å². The highest BCUT2D eigenvalue weighted by molar-refractivity contribution is 8.14. The number of hydrogen-bond donors (Lipinski definition) is 2. The minimum atomic E-state index is -1.94. The summed E-state index contributed by atoms with van der Waals surface area (Å²) in [6.07, 6.45) is -0.0702. The average molecular weight is 261 g/mol. The second kappa shape index (κ2) is 6.39. The Balaban J connectivity index is 5.01. The van der Waals surface area contributed by atoms with Crippen molar-refractivity contribution in [1.82, 2.24) is 5.32 Å². The lowest BCUT2D eigenvalue weighted by Crippen LogP contribution is -2.60. The molecule has 0 spiro atoms. The zero-order valence-electron chi connectivity index (χ0n) is 9.90. The van der Waals surface area contributed by atoms with Gasteiger partial charge in [0.1, 0.15) is 0 Å². The number of amides is 1. The van der Waals surface area contributed by atoms with Crippen LogP contribution in [0, 0.1) is 0 Å². The smallest absolute Gasteiger partial charge is 0.337 e. The summed E-state index contributed by atoms with van der Waals surface area (Å²) in [4.78, 5) is 44.6. The largest absolute Gasteiger partial charge is 0.479 e. The summed E-state index contributed by atoms with van der Waals surface area (Å²) in [7, 11) is 0. The van der Waals surface area contributed by atoms with Gasteiger partial charge in [-0.3, -0.25) is 14.4 Å². The van der Waals surface area contributed by atoms with Crippen LogP contribution in [-0.4, -0.2) is 39.2 Å². The number of carbonyl (C=O) groups excluding carboxylic acids is 3. The van der Waals surface area contributed by atoms with E-state index in [0.29, 0.717) is 0 Å². The van der Waals surface area contributed by atoms with Crippen LogP contribution in [0.2, 0.25) is 0 Å². The van der Waals surface area contributed by atoms with Gasteiger partial charge in [0.05, 0.1) is 5.75 Å². The Morgan fingerprint density at radius 1 is 1.24 bits per heavy atom. The van der Waals surface area contributed by atoms with Crippen molar-refractivity contribution in [3.63, 3.8) is 0 Å². The van der Waals surface area contributed by atoms with Crippen LogP contribution in [-0.2, 0) is 19.2 Å². The second-order valence-corrected chi connectivity index (χ2v) is 4.60. The van der Waals surface area contributed by atoms with E-state index in [1.807, 2.05) is 0 Å². The standard InChI is InChI=1S/C10H15NO5S/c1-4-10(9(15)16,11-6(2)12)8(14)5-17-7(3)13/h4-5H2,1-3H3,(H,11,12)(H,15,16). The molecule has 0 radical (unpaired) electrons. The summed E-state index contributed by atoms with van der Waals surface area (Å²) in [5.74, 6) is -2.97. The SMILES string of the molecule is CCC(NC(C)=O)(C(=O)O)C(=O)CSC(C)=O. The van der Waals surface area contributed by atoms with Gasteiger partial charge in [0.15, 0.2) is 16.4 Å². The van der Waals surface area contributed by atoms with Crippen molar-refractivity contribution in [2.75, 3.05) is 5.75 Å². The summed E-state index contributed by atoms with van der Waals surface area (Å²) in [5, 5.41) is 11.0. The fourth-order valence-corrected chi connectivity index (χ4v) is 1.85. The quantitative estimate of drug-likeness (QED) is 0.663. The van der Waals surface area contributed by atoms with Gasteiger partial charge in [0.25, 0.3) is 0 Å². The Kier molecular flexibility index (Phi) is 5.87. The molecule has 7 heteroatoms. The van der Waals surface area contributed by atoms with Crippen molar-refractivity contribution in [2.24, 2.45) is 0 Å². The first kappa shape index (κ1) is 15.6. The Hall–Kier alpha value is -1.37. The van der Waals surface area contributed by atoms with Gasteiger partial charge >= 0.3 is 5.97 Å². The van der Waals surface area contributed by atoms with Crippen molar-refractivity contribution in [3.05, 3.63) is 0 Å². The molecule has 0 rings (SSSR count). The van der Waals surface area contributed by atoms with E-state index in [-0.39, 0.29) is 17.3 Å². The fourth-order valence-electron chi connectivity index (χ4n) is 1.27. The Bertz CT molecular complexity index is 355. The van der Waals surface area contributed by atoms with Gasteiger partial charge < -0.3 is 10.4 Å². The van der Waals surface area contributed by atoms with Crippen molar-refractivity contribution >= 4 is 34.5 Å². The number of thioether (sulfide) groups is 1. The molecule has 0 saturated carbocycles. The number of carboxylic acid groups (broad SMARTS) is 1. The summed E-state index contributed by atoms with van der Waals surface area (Å²) in [5.41, 5.74) is -1.94. The van der Waals surface area contributed by atoms with Crippen LogP contribution >= 0.6 is 11.8 Å². The Labute approximate surface area is 103 Å². The normalized spacial score (nSPS) is 13.6. The molecule has 96 valence electrons. The van der Waals surface area contributed by atoms with Crippen LogP contribution in [0.3, 0.4) is 0 Å². The highest BCUT2D eigenvalue weighted by atomic mass is 32.2. The predicted molar refractivity (Wildman–Crippen MR) is 62.6 cm³/mol. The van der Waals surface area contributed by atoms with E-state index >= 15 is 0 Å². The molecular weight excluding hydrogens is 246 g/mol. The molecule has 6 nitrogen and oxygen atoms in total. The molecule has 0 aromatic heterocycles. The van der Waals surface area contributed by atoms with Gasteiger partial charge in [-0.15, -0.1) is 0 Å². The zero-order valence-corrected chi connectivity index (χ0v) is 10.7. The number of carbonyl (C=O) groups is 4. The minimum Gasteiger partial charge on any atom is -0.479 e. The Morgan fingerprint density at radius 3 is 2.06 bits per heavy atom. The second-order valence-electron chi connectivity index (χ2n) is 3.45. The topological polar surface area (TPSA) is 101 Å². The van der Waals surface area contributed by atoms with E-state index in [1.54, 1.807) is 0 Å². The number of nitrogens with one attached hydrogen (secondary N) is 1. The van der Waals surface area contributed by atoms with Gasteiger partial charge in [-0.2, -0.15) is 0 Å². The third-order valence-electron chi connectivity index (χ3n) is 2.17. The average Bonchev–Trinajstić information content (AvgIpc) is 2.21. The van der Waals surface area contributed by atoms with Gasteiger partial charge in [0, 0.05) is 13.8 Å². The van der Waals surface area contributed by atoms with E-state index < -0.39 is 23.2 Å². The van der Waals surface area contributed by atoms with Crippen LogP contribution in [0.4, 0.5) is 0 Å². The first-order valence-corrected chi connectivity index (χ1v) is 5.93. The van der Waals surface area contributed by atoms with Crippen LogP contribution in [0.5, 0.6) is 0 Å². The molecule has 0 aromatic rings. The summed E-state index contributed by atoms with van der Waals surface area (Å²) < 4.78 is 0. The molecule has 0 fully saturated rings. The molecule has 0 heterocycles.